The smallest absolute Gasteiger partial charge is 0.159 e. The lowest BCUT2D eigenvalue weighted by atomic mass is 10.3. The van der Waals surface area contributed by atoms with E-state index in [1.165, 1.54) is 7.11 Å². The minimum atomic E-state index is -3.15. The molecule has 0 amide bonds. The van der Waals surface area contributed by atoms with Crippen LogP contribution in [-0.2, 0) is 26.9 Å². The number of methoxy groups -OCH3 is 1. The van der Waals surface area contributed by atoms with E-state index >= 15 is 0 Å². The molecule has 104 valence electrons. The minimum absolute atomic E-state index is 0.0176. The summed E-state index contributed by atoms with van der Waals surface area (Å²) in [5.74, 6) is 1.18. The van der Waals surface area contributed by atoms with Crippen molar-refractivity contribution in [2.45, 2.75) is 32.2 Å². The molecule has 0 aliphatic carbocycles. The van der Waals surface area contributed by atoms with Crippen molar-refractivity contribution in [1.29, 1.82) is 0 Å². The zero-order chi connectivity index (χ0) is 13.6. The largest absolute Gasteiger partial charge is 0.464 e. The van der Waals surface area contributed by atoms with Crippen LogP contribution in [0.1, 0.15) is 25.4 Å². The van der Waals surface area contributed by atoms with E-state index in [4.69, 9.17) is 9.15 Å². The zero-order valence-corrected chi connectivity index (χ0v) is 11.9. The lowest BCUT2D eigenvalue weighted by molar-refractivity contribution is 0.217. The SMILES string of the molecule is COCCS(=O)(=O)Cc1ccc(CNC(C)C)o1. The Kier molecular flexibility index (Phi) is 5.84. The highest BCUT2D eigenvalue weighted by atomic mass is 32.2. The maximum Gasteiger partial charge on any atom is 0.159 e. The van der Waals surface area contributed by atoms with Gasteiger partial charge in [0.05, 0.1) is 18.9 Å². The summed E-state index contributed by atoms with van der Waals surface area (Å²) >= 11 is 0. The molecule has 6 heteroatoms. The molecule has 0 saturated heterocycles. The average molecular weight is 275 g/mol. The van der Waals surface area contributed by atoms with Crippen molar-refractivity contribution >= 4 is 9.84 Å². The molecule has 0 bridgehead atoms. The van der Waals surface area contributed by atoms with Crippen LogP contribution in [0.4, 0.5) is 0 Å². The summed E-state index contributed by atoms with van der Waals surface area (Å²) in [5, 5.41) is 3.21. The Balaban J connectivity index is 2.53. The molecule has 18 heavy (non-hydrogen) atoms. The van der Waals surface area contributed by atoms with Crippen LogP contribution >= 0.6 is 0 Å². The predicted octanol–water partition coefficient (Wildman–Crippen LogP) is 1.34. The van der Waals surface area contributed by atoms with Gasteiger partial charge in [0.15, 0.2) is 9.84 Å². The van der Waals surface area contributed by atoms with E-state index in [9.17, 15) is 8.42 Å². The van der Waals surface area contributed by atoms with Crippen molar-refractivity contribution < 1.29 is 17.6 Å². The summed E-state index contributed by atoms with van der Waals surface area (Å²) < 4.78 is 33.6. The van der Waals surface area contributed by atoms with Crippen molar-refractivity contribution in [1.82, 2.24) is 5.32 Å². The van der Waals surface area contributed by atoms with Gasteiger partial charge in [-0.05, 0) is 12.1 Å². The van der Waals surface area contributed by atoms with E-state index < -0.39 is 9.84 Å². The quantitative estimate of drug-likeness (QED) is 0.775. The van der Waals surface area contributed by atoms with Crippen molar-refractivity contribution in [2.24, 2.45) is 0 Å². The molecule has 0 aliphatic rings. The minimum Gasteiger partial charge on any atom is -0.464 e. The number of hydrogen-bond acceptors (Lipinski definition) is 5. The third-order valence-corrected chi connectivity index (χ3v) is 3.88. The molecule has 1 aromatic rings. The van der Waals surface area contributed by atoms with E-state index in [1.807, 2.05) is 13.8 Å². The molecule has 0 aromatic carbocycles. The first-order valence-electron chi connectivity index (χ1n) is 5.93. The van der Waals surface area contributed by atoms with Gasteiger partial charge in [-0.15, -0.1) is 0 Å². The van der Waals surface area contributed by atoms with Crippen LogP contribution in [0.5, 0.6) is 0 Å². The van der Waals surface area contributed by atoms with Crippen molar-refractivity contribution in [3.8, 4) is 0 Å². The molecule has 1 heterocycles. The van der Waals surface area contributed by atoms with E-state index in [1.54, 1.807) is 12.1 Å². The van der Waals surface area contributed by atoms with Crippen LogP contribution in [0.15, 0.2) is 16.5 Å². The normalized spacial score (nSPS) is 12.2. The van der Waals surface area contributed by atoms with Gasteiger partial charge in [0, 0.05) is 13.2 Å². The van der Waals surface area contributed by atoms with Gasteiger partial charge in [-0.3, -0.25) is 0 Å². The van der Waals surface area contributed by atoms with E-state index in [-0.39, 0.29) is 18.1 Å². The monoisotopic (exact) mass is 275 g/mol. The van der Waals surface area contributed by atoms with Gasteiger partial charge in [-0.25, -0.2) is 8.42 Å². The molecular weight excluding hydrogens is 254 g/mol. The van der Waals surface area contributed by atoms with Crippen molar-refractivity contribution in [2.75, 3.05) is 19.5 Å². The molecule has 0 radical (unpaired) electrons. The highest BCUT2D eigenvalue weighted by Gasteiger charge is 2.14. The van der Waals surface area contributed by atoms with Crippen LogP contribution in [0.25, 0.3) is 0 Å². The molecule has 1 rings (SSSR count). The second kappa shape index (κ2) is 6.92. The fourth-order valence-electron chi connectivity index (χ4n) is 1.40. The van der Waals surface area contributed by atoms with E-state index in [0.29, 0.717) is 18.3 Å². The summed E-state index contributed by atoms with van der Waals surface area (Å²) in [6, 6.07) is 3.88. The van der Waals surface area contributed by atoms with Crippen molar-refractivity contribution in [3.05, 3.63) is 23.7 Å². The Bertz CT molecular complexity index is 450. The summed E-state index contributed by atoms with van der Waals surface area (Å²) in [6.07, 6.45) is 0. The summed E-state index contributed by atoms with van der Waals surface area (Å²) in [7, 11) is -1.67. The molecule has 5 nitrogen and oxygen atoms in total. The van der Waals surface area contributed by atoms with Crippen LogP contribution in [0.3, 0.4) is 0 Å². The molecule has 0 unspecified atom stereocenters. The lowest BCUT2D eigenvalue weighted by Crippen LogP contribution is -2.21. The Morgan fingerprint density at radius 1 is 1.33 bits per heavy atom. The molecule has 0 fully saturated rings. The second-order valence-electron chi connectivity index (χ2n) is 4.49. The maximum atomic E-state index is 11.7. The van der Waals surface area contributed by atoms with E-state index in [2.05, 4.69) is 5.32 Å². The van der Waals surface area contributed by atoms with E-state index in [0.717, 1.165) is 5.76 Å². The topological polar surface area (TPSA) is 68.5 Å². The van der Waals surface area contributed by atoms with Gasteiger partial charge in [-0.1, -0.05) is 13.8 Å². The Labute approximate surface area is 108 Å². The van der Waals surface area contributed by atoms with Gasteiger partial charge in [0.25, 0.3) is 0 Å². The summed E-state index contributed by atoms with van der Waals surface area (Å²) in [4.78, 5) is 0. The molecule has 1 N–H and O–H groups in total. The van der Waals surface area contributed by atoms with Crippen LogP contribution in [0, 0.1) is 0 Å². The first-order chi connectivity index (χ1) is 8.43. The Hall–Kier alpha value is -0.850. The fraction of sp³-hybridized carbons (Fsp3) is 0.667. The number of furan rings is 1. The van der Waals surface area contributed by atoms with Gasteiger partial charge in [0.2, 0.25) is 0 Å². The predicted molar refractivity (Wildman–Crippen MR) is 70.1 cm³/mol. The van der Waals surface area contributed by atoms with Crippen LogP contribution in [0.2, 0.25) is 0 Å². The highest BCUT2D eigenvalue weighted by Crippen LogP contribution is 2.12. The van der Waals surface area contributed by atoms with Gasteiger partial charge in [0.1, 0.15) is 17.3 Å². The first-order valence-corrected chi connectivity index (χ1v) is 7.75. The number of nitrogens with one attached hydrogen (secondary N) is 1. The van der Waals surface area contributed by atoms with Crippen LogP contribution in [-0.4, -0.2) is 33.9 Å². The first kappa shape index (κ1) is 15.2. The van der Waals surface area contributed by atoms with Crippen LogP contribution < -0.4 is 5.32 Å². The number of rotatable bonds is 8. The zero-order valence-electron chi connectivity index (χ0n) is 11.1. The average Bonchev–Trinajstić information content (AvgIpc) is 2.70. The number of sulfone groups is 1. The standard InChI is InChI=1S/C12H21NO4S/c1-10(2)13-8-11-4-5-12(17-11)9-18(14,15)7-6-16-3/h4-5,10,13H,6-9H2,1-3H3. The molecule has 0 aliphatic heterocycles. The van der Waals surface area contributed by atoms with Crippen molar-refractivity contribution in [3.63, 3.8) is 0 Å². The maximum absolute atomic E-state index is 11.7. The third kappa shape index (κ3) is 5.66. The number of ether oxygens (including phenoxy) is 1. The Morgan fingerprint density at radius 3 is 2.61 bits per heavy atom. The van der Waals surface area contributed by atoms with Gasteiger partial charge >= 0.3 is 0 Å². The molecule has 1 aromatic heterocycles. The molecule has 0 spiro atoms. The second-order valence-corrected chi connectivity index (χ2v) is 6.67. The molecular formula is C12H21NO4S. The lowest BCUT2D eigenvalue weighted by Gasteiger charge is -2.05. The third-order valence-electron chi connectivity index (χ3n) is 2.36. The highest BCUT2D eigenvalue weighted by molar-refractivity contribution is 7.90. The summed E-state index contributed by atoms with van der Waals surface area (Å²) in [5.41, 5.74) is 0. The summed E-state index contributed by atoms with van der Waals surface area (Å²) in [6.45, 7) is 4.90. The van der Waals surface area contributed by atoms with Gasteiger partial charge in [-0.2, -0.15) is 0 Å². The number of hydrogen-bond donors (Lipinski definition) is 1. The Morgan fingerprint density at radius 2 is 2.00 bits per heavy atom. The van der Waals surface area contributed by atoms with Gasteiger partial charge < -0.3 is 14.5 Å². The molecule has 0 saturated carbocycles. The fourth-order valence-corrected chi connectivity index (χ4v) is 2.55. The molecule has 0 atom stereocenters.